The van der Waals surface area contributed by atoms with Crippen LogP contribution in [0.1, 0.15) is 5.56 Å². The van der Waals surface area contributed by atoms with Gasteiger partial charge in [0.2, 0.25) is 5.75 Å². The lowest BCUT2D eigenvalue weighted by Crippen LogP contribution is -2.05. The number of rotatable bonds is 7. The van der Waals surface area contributed by atoms with E-state index in [9.17, 15) is 0 Å². The van der Waals surface area contributed by atoms with Crippen LogP contribution in [0.5, 0.6) is 5.75 Å². The van der Waals surface area contributed by atoms with Gasteiger partial charge in [-0.25, -0.2) is 9.97 Å². The molecular formula is C15H20N4O2. The minimum Gasteiger partial charge on any atom is -0.490 e. The highest BCUT2D eigenvalue weighted by Crippen LogP contribution is 2.31. The molecule has 6 nitrogen and oxygen atoms in total. The fourth-order valence-electron chi connectivity index (χ4n) is 2.03. The quantitative estimate of drug-likeness (QED) is 0.815. The van der Waals surface area contributed by atoms with Crippen molar-refractivity contribution < 1.29 is 9.47 Å². The standard InChI is InChI=1S/C15H20N4O2/c1-16-14-13(21-3)15(18-10-17-14)19-12-7-5-4-6-11(12)8-9-20-2/h4-7,10H,8-9H2,1-3H3,(H2,16,17,18,19). The summed E-state index contributed by atoms with van der Waals surface area (Å²) in [6, 6.07) is 8.05. The Balaban J connectivity index is 2.30. The van der Waals surface area contributed by atoms with Gasteiger partial charge in [0.1, 0.15) is 6.33 Å². The number of ether oxygens (including phenoxy) is 2. The van der Waals surface area contributed by atoms with Gasteiger partial charge in [0.15, 0.2) is 11.6 Å². The van der Waals surface area contributed by atoms with Crippen LogP contribution in [0.2, 0.25) is 0 Å². The third-order valence-electron chi connectivity index (χ3n) is 3.09. The van der Waals surface area contributed by atoms with Gasteiger partial charge in [-0.1, -0.05) is 18.2 Å². The second-order valence-corrected chi connectivity index (χ2v) is 4.38. The molecular weight excluding hydrogens is 268 g/mol. The van der Waals surface area contributed by atoms with Crippen LogP contribution >= 0.6 is 0 Å². The summed E-state index contributed by atoms with van der Waals surface area (Å²) < 4.78 is 10.5. The Morgan fingerprint density at radius 3 is 2.57 bits per heavy atom. The first kappa shape index (κ1) is 15.1. The van der Waals surface area contributed by atoms with Crippen LogP contribution in [0.25, 0.3) is 0 Å². The van der Waals surface area contributed by atoms with Crippen molar-refractivity contribution in [1.29, 1.82) is 0 Å². The molecule has 2 N–H and O–H groups in total. The summed E-state index contributed by atoms with van der Waals surface area (Å²) in [4.78, 5) is 8.39. The molecule has 1 heterocycles. The summed E-state index contributed by atoms with van der Waals surface area (Å²) >= 11 is 0. The number of para-hydroxylation sites is 1. The molecule has 0 aliphatic carbocycles. The van der Waals surface area contributed by atoms with E-state index in [0.29, 0.717) is 24.0 Å². The average Bonchev–Trinajstić information content (AvgIpc) is 2.53. The molecule has 0 radical (unpaired) electrons. The molecule has 112 valence electrons. The highest BCUT2D eigenvalue weighted by atomic mass is 16.5. The number of aromatic nitrogens is 2. The van der Waals surface area contributed by atoms with E-state index in [4.69, 9.17) is 9.47 Å². The number of benzene rings is 1. The van der Waals surface area contributed by atoms with E-state index in [1.54, 1.807) is 21.3 Å². The molecule has 1 aromatic carbocycles. The van der Waals surface area contributed by atoms with Crippen LogP contribution < -0.4 is 15.4 Å². The smallest absolute Gasteiger partial charge is 0.204 e. The first-order valence-corrected chi connectivity index (χ1v) is 6.70. The molecule has 0 saturated carbocycles. The van der Waals surface area contributed by atoms with Gasteiger partial charge in [0.25, 0.3) is 0 Å². The van der Waals surface area contributed by atoms with Crippen LogP contribution in [0.4, 0.5) is 17.3 Å². The van der Waals surface area contributed by atoms with E-state index in [1.165, 1.54) is 6.33 Å². The van der Waals surface area contributed by atoms with Gasteiger partial charge in [-0.2, -0.15) is 0 Å². The Kier molecular flexibility index (Phi) is 5.34. The summed E-state index contributed by atoms with van der Waals surface area (Å²) in [5, 5.41) is 6.29. The number of methoxy groups -OCH3 is 2. The lowest BCUT2D eigenvalue weighted by molar-refractivity contribution is 0.202. The van der Waals surface area contributed by atoms with Gasteiger partial charge < -0.3 is 20.1 Å². The molecule has 0 bridgehead atoms. The minimum atomic E-state index is 0.585. The maximum atomic E-state index is 5.39. The predicted molar refractivity (Wildman–Crippen MR) is 83.4 cm³/mol. The Morgan fingerprint density at radius 2 is 1.86 bits per heavy atom. The maximum Gasteiger partial charge on any atom is 0.204 e. The van der Waals surface area contributed by atoms with Crippen molar-refractivity contribution in [2.45, 2.75) is 6.42 Å². The van der Waals surface area contributed by atoms with Gasteiger partial charge in [0, 0.05) is 19.8 Å². The van der Waals surface area contributed by atoms with E-state index in [2.05, 4.69) is 26.7 Å². The molecule has 0 atom stereocenters. The van der Waals surface area contributed by atoms with Crippen molar-refractivity contribution >= 4 is 17.3 Å². The second kappa shape index (κ2) is 7.44. The molecule has 21 heavy (non-hydrogen) atoms. The van der Waals surface area contributed by atoms with E-state index >= 15 is 0 Å². The normalized spacial score (nSPS) is 10.2. The zero-order chi connectivity index (χ0) is 15.1. The van der Waals surface area contributed by atoms with E-state index in [0.717, 1.165) is 17.7 Å². The van der Waals surface area contributed by atoms with E-state index in [1.807, 2.05) is 18.2 Å². The van der Waals surface area contributed by atoms with E-state index < -0.39 is 0 Å². The largest absolute Gasteiger partial charge is 0.490 e. The summed E-state index contributed by atoms with van der Waals surface area (Å²) in [6.45, 7) is 0.668. The third-order valence-corrected chi connectivity index (χ3v) is 3.09. The molecule has 0 saturated heterocycles. The molecule has 2 rings (SSSR count). The minimum absolute atomic E-state index is 0.585. The van der Waals surface area contributed by atoms with Crippen LogP contribution in [0, 0.1) is 0 Å². The monoisotopic (exact) mass is 288 g/mol. The first-order valence-electron chi connectivity index (χ1n) is 6.70. The maximum absolute atomic E-state index is 5.39. The molecule has 0 amide bonds. The topological polar surface area (TPSA) is 68.3 Å². The highest BCUT2D eigenvalue weighted by Gasteiger charge is 2.12. The van der Waals surface area contributed by atoms with Gasteiger partial charge in [-0.05, 0) is 18.1 Å². The SMILES string of the molecule is CNc1ncnc(Nc2ccccc2CCOC)c1OC. The molecule has 6 heteroatoms. The molecule has 2 aromatic rings. The van der Waals surface area contributed by atoms with Crippen molar-refractivity contribution in [3.8, 4) is 5.75 Å². The summed E-state index contributed by atoms with van der Waals surface area (Å²) in [6.07, 6.45) is 2.32. The van der Waals surface area contributed by atoms with Gasteiger partial charge in [-0.3, -0.25) is 0 Å². The highest BCUT2D eigenvalue weighted by molar-refractivity contribution is 5.70. The van der Waals surface area contributed by atoms with Crippen LogP contribution in [-0.2, 0) is 11.2 Å². The Labute approximate surface area is 124 Å². The zero-order valence-electron chi connectivity index (χ0n) is 12.5. The van der Waals surface area contributed by atoms with Crippen molar-refractivity contribution in [2.24, 2.45) is 0 Å². The molecule has 0 aliphatic rings. The molecule has 0 aliphatic heterocycles. The fourth-order valence-corrected chi connectivity index (χ4v) is 2.03. The molecule has 0 fully saturated rings. The second-order valence-electron chi connectivity index (χ2n) is 4.38. The van der Waals surface area contributed by atoms with E-state index in [-0.39, 0.29) is 0 Å². The summed E-state index contributed by atoms with van der Waals surface area (Å²) in [5.41, 5.74) is 2.14. The molecule has 0 spiro atoms. The summed E-state index contributed by atoms with van der Waals surface area (Å²) in [7, 11) is 5.09. The number of anilines is 3. The van der Waals surface area contributed by atoms with Crippen molar-refractivity contribution in [3.63, 3.8) is 0 Å². The number of nitrogens with one attached hydrogen (secondary N) is 2. The average molecular weight is 288 g/mol. The van der Waals surface area contributed by atoms with Gasteiger partial charge >= 0.3 is 0 Å². The molecule has 1 aromatic heterocycles. The Bertz CT molecular complexity index is 590. The van der Waals surface area contributed by atoms with Gasteiger partial charge in [-0.15, -0.1) is 0 Å². The van der Waals surface area contributed by atoms with Crippen molar-refractivity contribution in [1.82, 2.24) is 9.97 Å². The van der Waals surface area contributed by atoms with Crippen molar-refractivity contribution in [3.05, 3.63) is 36.2 Å². The van der Waals surface area contributed by atoms with Gasteiger partial charge in [0.05, 0.1) is 13.7 Å². The lowest BCUT2D eigenvalue weighted by Gasteiger charge is -2.15. The summed E-state index contributed by atoms with van der Waals surface area (Å²) in [5.74, 6) is 1.85. The Morgan fingerprint density at radius 1 is 1.10 bits per heavy atom. The third kappa shape index (κ3) is 3.61. The number of hydrogen-bond donors (Lipinski definition) is 2. The molecule has 0 unspecified atom stereocenters. The van der Waals surface area contributed by atoms with Crippen molar-refractivity contribution in [2.75, 3.05) is 38.5 Å². The Hall–Kier alpha value is -2.34. The first-order chi connectivity index (χ1) is 10.3. The predicted octanol–water partition coefficient (Wildman–Crippen LogP) is 2.46. The van der Waals surface area contributed by atoms with Crippen LogP contribution in [0.3, 0.4) is 0 Å². The van der Waals surface area contributed by atoms with Crippen LogP contribution in [0.15, 0.2) is 30.6 Å². The zero-order valence-corrected chi connectivity index (χ0v) is 12.5. The number of hydrogen-bond acceptors (Lipinski definition) is 6. The fraction of sp³-hybridized carbons (Fsp3) is 0.333. The lowest BCUT2D eigenvalue weighted by atomic mass is 10.1. The van der Waals surface area contributed by atoms with Crippen LogP contribution in [-0.4, -0.2) is 37.8 Å². The number of nitrogens with zero attached hydrogens (tertiary/aromatic N) is 2.